The lowest BCUT2D eigenvalue weighted by atomic mass is 10.3. The van der Waals surface area contributed by atoms with Gasteiger partial charge < -0.3 is 15.3 Å². The van der Waals surface area contributed by atoms with Crippen molar-refractivity contribution >= 4 is 46.2 Å². The average Bonchev–Trinajstić information content (AvgIpc) is 2.29. The average molecular weight is 293 g/mol. The zero-order valence-electron chi connectivity index (χ0n) is 9.41. The van der Waals surface area contributed by atoms with Gasteiger partial charge in [-0.25, -0.2) is 0 Å². The van der Waals surface area contributed by atoms with Crippen LogP contribution in [0.4, 0.5) is 5.69 Å². The Hall–Kier alpha value is -0.550. The third-order valence-electron chi connectivity index (χ3n) is 2.21. The molecule has 0 aliphatic rings. The number of benzene rings is 1. The van der Waals surface area contributed by atoms with Gasteiger partial charge in [0.2, 0.25) is 0 Å². The molecule has 3 nitrogen and oxygen atoms in total. The second kappa shape index (κ2) is 7.01. The third kappa shape index (κ3) is 4.32. The van der Waals surface area contributed by atoms with E-state index in [1.807, 2.05) is 11.8 Å². The molecule has 1 aromatic rings. The van der Waals surface area contributed by atoms with E-state index in [0.29, 0.717) is 27.4 Å². The van der Waals surface area contributed by atoms with Gasteiger partial charge in [0.1, 0.15) is 0 Å². The highest BCUT2D eigenvalue weighted by molar-refractivity contribution is 7.80. The summed E-state index contributed by atoms with van der Waals surface area (Å²) < 4.78 is 0. The molecule has 94 valence electrons. The summed E-state index contributed by atoms with van der Waals surface area (Å²) in [5.74, 6) is 0. The number of halogens is 2. The zero-order chi connectivity index (χ0) is 12.8. The number of thiocarbonyl (C=S) groups is 1. The van der Waals surface area contributed by atoms with E-state index >= 15 is 0 Å². The van der Waals surface area contributed by atoms with Gasteiger partial charge in [-0.1, -0.05) is 23.2 Å². The van der Waals surface area contributed by atoms with E-state index in [9.17, 15) is 0 Å². The molecule has 0 spiro atoms. The molecule has 0 fully saturated rings. The van der Waals surface area contributed by atoms with Crippen LogP contribution in [0.3, 0.4) is 0 Å². The molecule has 1 aromatic carbocycles. The Morgan fingerprint density at radius 1 is 1.47 bits per heavy atom. The first-order valence-corrected chi connectivity index (χ1v) is 6.36. The zero-order valence-corrected chi connectivity index (χ0v) is 11.7. The van der Waals surface area contributed by atoms with Crippen molar-refractivity contribution in [2.75, 3.05) is 25.0 Å². The summed E-state index contributed by atoms with van der Waals surface area (Å²) in [5, 5.41) is 13.6. The topological polar surface area (TPSA) is 35.5 Å². The second-order valence-electron chi connectivity index (χ2n) is 3.36. The minimum absolute atomic E-state index is 0.0595. The highest BCUT2D eigenvalue weighted by Gasteiger charge is 2.09. The van der Waals surface area contributed by atoms with Crippen molar-refractivity contribution in [1.29, 1.82) is 0 Å². The lowest BCUT2D eigenvalue weighted by Gasteiger charge is -2.23. The first-order valence-electron chi connectivity index (χ1n) is 5.20. The highest BCUT2D eigenvalue weighted by Crippen LogP contribution is 2.25. The highest BCUT2D eigenvalue weighted by atomic mass is 35.5. The molecule has 0 radical (unpaired) electrons. The van der Waals surface area contributed by atoms with E-state index in [-0.39, 0.29) is 6.61 Å². The molecule has 0 bridgehead atoms. The first kappa shape index (κ1) is 14.5. The van der Waals surface area contributed by atoms with Gasteiger partial charge in [-0.3, -0.25) is 0 Å². The van der Waals surface area contributed by atoms with Crippen LogP contribution in [0.25, 0.3) is 0 Å². The van der Waals surface area contributed by atoms with E-state index in [1.165, 1.54) is 0 Å². The van der Waals surface area contributed by atoms with Gasteiger partial charge >= 0.3 is 0 Å². The largest absolute Gasteiger partial charge is 0.395 e. The maximum atomic E-state index is 8.90. The number of nitrogens with zero attached hydrogens (tertiary/aromatic N) is 1. The summed E-state index contributed by atoms with van der Waals surface area (Å²) in [6.07, 6.45) is 0. The number of hydrogen-bond donors (Lipinski definition) is 2. The van der Waals surface area contributed by atoms with Crippen LogP contribution in [0.5, 0.6) is 0 Å². The van der Waals surface area contributed by atoms with Crippen molar-refractivity contribution in [2.45, 2.75) is 6.92 Å². The number of anilines is 1. The number of likely N-dealkylation sites (N-methyl/N-ethyl adjacent to an activating group) is 1. The number of hydrogen-bond acceptors (Lipinski definition) is 2. The van der Waals surface area contributed by atoms with Gasteiger partial charge in [0.25, 0.3) is 0 Å². The Bertz CT molecular complexity index is 401. The molecule has 2 N–H and O–H groups in total. The molecule has 1 rings (SSSR count). The molecule has 0 unspecified atom stereocenters. The quantitative estimate of drug-likeness (QED) is 0.837. The van der Waals surface area contributed by atoms with Crippen LogP contribution in [0, 0.1) is 0 Å². The molecule has 0 saturated heterocycles. The predicted molar refractivity (Wildman–Crippen MR) is 77.0 cm³/mol. The molecule has 6 heteroatoms. The molecule has 0 saturated carbocycles. The van der Waals surface area contributed by atoms with Gasteiger partial charge in [0.05, 0.1) is 17.3 Å². The van der Waals surface area contributed by atoms with Gasteiger partial charge in [-0.15, -0.1) is 0 Å². The number of aliphatic hydroxyl groups is 1. The Labute approximate surface area is 116 Å². The maximum Gasteiger partial charge on any atom is 0.173 e. The summed E-state index contributed by atoms with van der Waals surface area (Å²) in [7, 11) is 0. The number of rotatable bonds is 4. The SMILES string of the molecule is CCN(CCO)C(=S)Nc1ccc(Cl)cc1Cl. The maximum absolute atomic E-state index is 8.90. The van der Waals surface area contributed by atoms with Gasteiger partial charge in [-0.2, -0.15) is 0 Å². The van der Waals surface area contributed by atoms with Crippen LogP contribution >= 0.6 is 35.4 Å². The lowest BCUT2D eigenvalue weighted by Crippen LogP contribution is -2.36. The Morgan fingerprint density at radius 2 is 2.18 bits per heavy atom. The van der Waals surface area contributed by atoms with E-state index in [2.05, 4.69) is 5.32 Å². The lowest BCUT2D eigenvalue weighted by molar-refractivity contribution is 0.254. The molecular weight excluding hydrogens is 279 g/mol. The first-order chi connectivity index (χ1) is 8.08. The smallest absolute Gasteiger partial charge is 0.173 e. The molecule has 0 aromatic heterocycles. The van der Waals surface area contributed by atoms with Crippen LogP contribution < -0.4 is 5.32 Å². The fourth-order valence-corrected chi connectivity index (χ4v) is 2.10. The van der Waals surface area contributed by atoms with E-state index in [4.69, 9.17) is 40.5 Å². The van der Waals surface area contributed by atoms with Crippen LogP contribution in [-0.4, -0.2) is 34.8 Å². The predicted octanol–water partition coefficient (Wildman–Crippen LogP) is 3.00. The monoisotopic (exact) mass is 292 g/mol. The van der Waals surface area contributed by atoms with Crippen molar-refractivity contribution in [3.63, 3.8) is 0 Å². The standard InChI is InChI=1S/C11H14Cl2N2OS/c1-2-15(5-6-16)11(17)14-10-4-3-8(12)7-9(10)13/h3-4,7,16H,2,5-6H2,1H3,(H,14,17). The fraction of sp³-hybridized carbons (Fsp3) is 0.364. The van der Waals surface area contributed by atoms with Crippen LogP contribution in [0.1, 0.15) is 6.92 Å². The molecule has 0 atom stereocenters. The van der Waals surface area contributed by atoms with Crippen LogP contribution in [0.15, 0.2) is 18.2 Å². The van der Waals surface area contributed by atoms with Gasteiger partial charge in [0.15, 0.2) is 5.11 Å². The molecule has 0 aliphatic heterocycles. The third-order valence-corrected chi connectivity index (χ3v) is 3.12. The summed E-state index contributed by atoms with van der Waals surface area (Å²) >= 11 is 17.1. The summed E-state index contributed by atoms with van der Waals surface area (Å²) in [6.45, 7) is 3.24. The minimum atomic E-state index is 0.0595. The molecular formula is C11H14Cl2N2OS. The summed E-state index contributed by atoms with van der Waals surface area (Å²) in [6, 6.07) is 5.15. The Balaban J connectivity index is 2.73. The Kier molecular flexibility index (Phi) is 5.98. The molecule has 0 aliphatic carbocycles. The summed E-state index contributed by atoms with van der Waals surface area (Å²) in [5.41, 5.74) is 0.706. The molecule has 0 heterocycles. The second-order valence-corrected chi connectivity index (χ2v) is 4.59. The minimum Gasteiger partial charge on any atom is -0.395 e. The Morgan fingerprint density at radius 3 is 2.71 bits per heavy atom. The number of aliphatic hydroxyl groups excluding tert-OH is 1. The summed E-state index contributed by atoms with van der Waals surface area (Å²) in [4.78, 5) is 1.85. The van der Waals surface area contributed by atoms with Crippen LogP contribution in [-0.2, 0) is 0 Å². The van der Waals surface area contributed by atoms with Crippen LogP contribution in [0.2, 0.25) is 10.0 Å². The van der Waals surface area contributed by atoms with Crippen molar-refractivity contribution in [2.24, 2.45) is 0 Å². The van der Waals surface area contributed by atoms with Crippen molar-refractivity contribution < 1.29 is 5.11 Å². The fourth-order valence-electron chi connectivity index (χ4n) is 1.31. The van der Waals surface area contributed by atoms with Gasteiger partial charge in [-0.05, 0) is 37.3 Å². The molecule has 17 heavy (non-hydrogen) atoms. The van der Waals surface area contributed by atoms with Crippen molar-refractivity contribution in [1.82, 2.24) is 4.90 Å². The van der Waals surface area contributed by atoms with E-state index in [1.54, 1.807) is 18.2 Å². The van der Waals surface area contributed by atoms with Crippen molar-refractivity contribution in [3.05, 3.63) is 28.2 Å². The normalized spacial score (nSPS) is 10.1. The molecule has 0 amide bonds. The van der Waals surface area contributed by atoms with Gasteiger partial charge in [0, 0.05) is 18.1 Å². The number of nitrogens with one attached hydrogen (secondary N) is 1. The van der Waals surface area contributed by atoms with E-state index in [0.717, 1.165) is 6.54 Å². The van der Waals surface area contributed by atoms with E-state index < -0.39 is 0 Å². The van der Waals surface area contributed by atoms with Crippen molar-refractivity contribution in [3.8, 4) is 0 Å².